The van der Waals surface area contributed by atoms with Gasteiger partial charge in [-0.3, -0.25) is 4.79 Å². The standard InChI is InChI=1S/C9H10N2O2S/c1-5(9(12)13)11-8-4-6-7(14-8)2-3-10-6/h2-5,10-11H,1H3,(H,12,13)/t5-/m0/s1. The van der Waals surface area contributed by atoms with Gasteiger partial charge in [0, 0.05) is 6.20 Å². The summed E-state index contributed by atoms with van der Waals surface area (Å²) in [7, 11) is 0. The molecule has 2 heterocycles. The lowest BCUT2D eigenvalue weighted by Gasteiger charge is -2.06. The minimum Gasteiger partial charge on any atom is -0.480 e. The molecule has 0 bridgehead atoms. The molecule has 0 unspecified atom stereocenters. The number of thiophene rings is 1. The molecule has 2 aromatic heterocycles. The second-order valence-electron chi connectivity index (χ2n) is 3.07. The van der Waals surface area contributed by atoms with E-state index in [2.05, 4.69) is 10.3 Å². The normalized spacial score (nSPS) is 12.9. The molecule has 0 fully saturated rings. The van der Waals surface area contributed by atoms with Crippen molar-refractivity contribution in [2.75, 3.05) is 5.32 Å². The van der Waals surface area contributed by atoms with E-state index in [0.717, 1.165) is 15.2 Å². The van der Waals surface area contributed by atoms with Crippen molar-refractivity contribution < 1.29 is 9.90 Å². The molecule has 74 valence electrons. The average molecular weight is 210 g/mol. The van der Waals surface area contributed by atoms with Gasteiger partial charge in [-0.15, -0.1) is 11.3 Å². The van der Waals surface area contributed by atoms with E-state index >= 15 is 0 Å². The zero-order valence-electron chi connectivity index (χ0n) is 7.57. The third kappa shape index (κ3) is 1.58. The van der Waals surface area contributed by atoms with Crippen molar-refractivity contribution in [3.63, 3.8) is 0 Å². The van der Waals surface area contributed by atoms with Crippen molar-refractivity contribution in [1.29, 1.82) is 0 Å². The number of carboxylic acids is 1. The molecule has 4 nitrogen and oxygen atoms in total. The highest BCUT2D eigenvalue weighted by Gasteiger charge is 2.11. The first-order valence-corrected chi connectivity index (χ1v) is 5.05. The molecule has 14 heavy (non-hydrogen) atoms. The summed E-state index contributed by atoms with van der Waals surface area (Å²) in [6.45, 7) is 1.62. The molecule has 3 N–H and O–H groups in total. The average Bonchev–Trinajstić information content (AvgIpc) is 2.63. The van der Waals surface area contributed by atoms with Crippen molar-refractivity contribution in [2.24, 2.45) is 0 Å². The Kier molecular flexibility index (Phi) is 2.17. The van der Waals surface area contributed by atoms with E-state index in [-0.39, 0.29) is 0 Å². The van der Waals surface area contributed by atoms with Gasteiger partial charge in [-0.2, -0.15) is 0 Å². The van der Waals surface area contributed by atoms with E-state index in [0.29, 0.717) is 0 Å². The molecule has 2 aromatic rings. The van der Waals surface area contributed by atoms with E-state index in [4.69, 9.17) is 5.11 Å². The lowest BCUT2D eigenvalue weighted by Crippen LogP contribution is -2.24. The summed E-state index contributed by atoms with van der Waals surface area (Å²) < 4.78 is 1.13. The van der Waals surface area contributed by atoms with Crippen LogP contribution in [0, 0.1) is 0 Å². The lowest BCUT2D eigenvalue weighted by atomic mass is 10.3. The van der Waals surface area contributed by atoms with Crippen LogP contribution in [0.3, 0.4) is 0 Å². The third-order valence-corrected chi connectivity index (χ3v) is 3.00. The molecule has 5 heteroatoms. The molecule has 0 aliphatic rings. The van der Waals surface area contributed by atoms with Gasteiger partial charge >= 0.3 is 5.97 Å². The molecule has 0 saturated carbocycles. The van der Waals surface area contributed by atoms with E-state index < -0.39 is 12.0 Å². The van der Waals surface area contributed by atoms with Gasteiger partial charge in [0.25, 0.3) is 0 Å². The number of aliphatic carboxylic acids is 1. The Balaban J connectivity index is 2.19. The maximum absolute atomic E-state index is 10.6. The largest absolute Gasteiger partial charge is 0.480 e. The number of fused-ring (bicyclic) bond motifs is 1. The first-order valence-electron chi connectivity index (χ1n) is 4.23. The van der Waals surface area contributed by atoms with Crippen LogP contribution in [0.1, 0.15) is 6.92 Å². The number of carboxylic acid groups (broad SMARTS) is 1. The zero-order valence-corrected chi connectivity index (χ0v) is 8.39. The van der Waals surface area contributed by atoms with E-state index in [1.165, 1.54) is 0 Å². The number of H-pyrrole nitrogens is 1. The molecule has 2 rings (SSSR count). The number of hydrogen-bond donors (Lipinski definition) is 3. The van der Waals surface area contributed by atoms with Crippen molar-refractivity contribution in [3.05, 3.63) is 18.3 Å². The molecular formula is C9H10N2O2S. The molecule has 0 aliphatic heterocycles. The second-order valence-corrected chi connectivity index (χ2v) is 4.15. The number of carbonyl (C=O) groups is 1. The minimum atomic E-state index is -0.845. The quantitative estimate of drug-likeness (QED) is 0.727. The molecule has 0 aliphatic carbocycles. The van der Waals surface area contributed by atoms with Crippen LogP contribution in [0.15, 0.2) is 18.3 Å². The van der Waals surface area contributed by atoms with Gasteiger partial charge in [0.1, 0.15) is 6.04 Å². The summed E-state index contributed by atoms with van der Waals surface area (Å²) in [4.78, 5) is 13.7. The number of hydrogen-bond acceptors (Lipinski definition) is 3. The number of nitrogens with one attached hydrogen (secondary N) is 2. The van der Waals surface area contributed by atoms with Crippen LogP contribution >= 0.6 is 11.3 Å². The highest BCUT2D eigenvalue weighted by molar-refractivity contribution is 7.22. The Hall–Kier alpha value is -1.49. The highest BCUT2D eigenvalue weighted by atomic mass is 32.1. The van der Waals surface area contributed by atoms with Crippen LogP contribution in [0.2, 0.25) is 0 Å². The van der Waals surface area contributed by atoms with Gasteiger partial charge in [0.05, 0.1) is 15.2 Å². The third-order valence-electron chi connectivity index (χ3n) is 1.96. The summed E-state index contributed by atoms with van der Waals surface area (Å²) in [5.41, 5.74) is 1.04. The van der Waals surface area contributed by atoms with Crippen LogP contribution < -0.4 is 5.32 Å². The van der Waals surface area contributed by atoms with Gasteiger partial charge < -0.3 is 15.4 Å². The maximum Gasteiger partial charge on any atom is 0.325 e. The Bertz CT molecular complexity index is 432. The first kappa shape index (κ1) is 9.08. The van der Waals surface area contributed by atoms with Crippen molar-refractivity contribution in [1.82, 2.24) is 4.98 Å². The van der Waals surface area contributed by atoms with Gasteiger partial charge in [-0.1, -0.05) is 0 Å². The topological polar surface area (TPSA) is 65.1 Å². The van der Waals surface area contributed by atoms with E-state index in [9.17, 15) is 4.79 Å². The zero-order chi connectivity index (χ0) is 10.1. The predicted molar refractivity (Wildman–Crippen MR) is 56.9 cm³/mol. The molecule has 0 radical (unpaired) electrons. The molecule has 0 aromatic carbocycles. The monoisotopic (exact) mass is 210 g/mol. The Morgan fingerprint density at radius 3 is 3.14 bits per heavy atom. The Morgan fingerprint density at radius 1 is 1.71 bits per heavy atom. The van der Waals surface area contributed by atoms with Crippen LogP contribution in [0.25, 0.3) is 10.2 Å². The fourth-order valence-electron chi connectivity index (χ4n) is 1.20. The van der Waals surface area contributed by atoms with Crippen LogP contribution in [0.4, 0.5) is 5.00 Å². The molecule has 0 spiro atoms. The van der Waals surface area contributed by atoms with Crippen LogP contribution in [-0.2, 0) is 4.79 Å². The molecular weight excluding hydrogens is 200 g/mol. The first-order chi connectivity index (χ1) is 6.66. The maximum atomic E-state index is 10.6. The molecule has 1 atom stereocenters. The van der Waals surface area contributed by atoms with E-state index in [1.807, 2.05) is 18.3 Å². The molecule has 0 amide bonds. The summed E-state index contributed by atoms with van der Waals surface area (Å²) in [6, 6.07) is 3.33. The van der Waals surface area contributed by atoms with E-state index in [1.54, 1.807) is 18.3 Å². The van der Waals surface area contributed by atoms with Crippen molar-refractivity contribution in [2.45, 2.75) is 13.0 Å². The minimum absolute atomic E-state index is 0.558. The highest BCUT2D eigenvalue weighted by Crippen LogP contribution is 2.28. The van der Waals surface area contributed by atoms with Crippen LogP contribution in [0.5, 0.6) is 0 Å². The Morgan fingerprint density at radius 2 is 2.50 bits per heavy atom. The van der Waals surface area contributed by atoms with Gasteiger partial charge in [-0.05, 0) is 19.1 Å². The summed E-state index contributed by atoms with van der Waals surface area (Å²) >= 11 is 1.54. The fraction of sp³-hybridized carbons (Fsp3) is 0.222. The summed E-state index contributed by atoms with van der Waals surface area (Å²) in [5.74, 6) is -0.845. The van der Waals surface area contributed by atoms with Gasteiger partial charge in [0.15, 0.2) is 0 Å². The number of anilines is 1. The van der Waals surface area contributed by atoms with Crippen molar-refractivity contribution >= 4 is 32.5 Å². The van der Waals surface area contributed by atoms with Gasteiger partial charge in [-0.25, -0.2) is 0 Å². The smallest absolute Gasteiger partial charge is 0.325 e. The lowest BCUT2D eigenvalue weighted by molar-refractivity contribution is -0.137. The van der Waals surface area contributed by atoms with Crippen molar-refractivity contribution in [3.8, 4) is 0 Å². The second kappa shape index (κ2) is 3.34. The predicted octanol–water partition coefficient (Wildman–Crippen LogP) is 2.11. The number of aromatic nitrogens is 1. The fourth-order valence-corrected chi connectivity index (χ4v) is 2.21. The Labute approximate surface area is 84.6 Å². The SMILES string of the molecule is C[C@H](Nc1cc2[nH]ccc2s1)C(=O)O. The summed E-state index contributed by atoms with van der Waals surface area (Å²) in [6.07, 6.45) is 1.87. The molecule has 0 saturated heterocycles. The number of aromatic amines is 1. The summed E-state index contributed by atoms with van der Waals surface area (Å²) in [5, 5.41) is 12.5. The van der Waals surface area contributed by atoms with Gasteiger partial charge in [0.2, 0.25) is 0 Å². The number of rotatable bonds is 3. The van der Waals surface area contributed by atoms with Crippen LogP contribution in [-0.4, -0.2) is 22.1 Å².